The maximum atomic E-state index is 13.0. The van der Waals surface area contributed by atoms with E-state index in [-0.39, 0.29) is 27.7 Å². The van der Waals surface area contributed by atoms with Crippen molar-refractivity contribution in [2.45, 2.75) is 39.7 Å². The molecule has 1 aliphatic heterocycles. The Kier molecular flexibility index (Phi) is 7.87. The number of benzene rings is 2. The first-order valence-electron chi connectivity index (χ1n) is 11.8. The molecule has 0 spiro atoms. The number of amides is 3. The van der Waals surface area contributed by atoms with Gasteiger partial charge in [-0.05, 0) is 49.4 Å². The number of nitrogens with zero attached hydrogens (tertiary/aromatic N) is 3. The molecule has 1 unspecified atom stereocenters. The zero-order valence-electron chi connectivity index (χ0n) is 19.9. The van der Waals surface area contributed by atoms with E-state index in [2.05, 4.69) is 39.9 Å². The minimum atomic E-state index is -0.409. The molecule has 0 saturated carbocycles. The minimum absolute atomic E-state index is 0.0579. The van der Waals surface area contributed by atoms with Crippen LogP contribution in [0.25, 0.3) is 0 Å². The number of carbonyl (C=O) groups is 3. The lowest BCUT2D eigenvalue weighted by molar-refractivity contribution is -0.126. The monoisotopic (exact) mass is 491 g/mol. The van der Waals surface area contributed by atoms with E-state index in [0.29, 0.717) is 25.3 Å². The number of rotatable bonds is 7. The van der Waals surface area contributed by atoms with Gasteiger partial charge in [0.05, 0.1) is 5.92 Å². The van der Waals surface area contributed by atoms with Crippen molar-refractivity contribution in [3.05, 3.63) is 75.2 Å². The summed E-state index contributed by atoms with van der Waals surface area (Å²) in [6, 6.07) is 15.6. The van der Waals surface area contributed by atoms with E-state index in [1.807, 2.05) is 31.2 Å². The van der Waals surface area contributed by atoms with E-state index in [0.717, 1.165) is 41.7 Å². The smallest absolute Gasteiger partial charge is 0.286 e. The highest BCUT2D eigenvalue weighted by atomic mass is 32.1. The molecule has 1 saturated heterocycles. The molecule has 0 radical (unpaired) electrons. The van der Waals surface area contributed by atoms with Gasteiger partial charge in [-0.25, -0.2) is 0 Å². The summed E-state index contributed by atoms with van der Waals surface area (Å²) < 4.78 is 0. The third kappa shape index (κ3) is 6.30. The van der Waals surface area contributed by atoms with E-state index in [9.17, 15) is 14.4 Å². The summed E-state index contributed by atoms with van der Waals surface area (Å²) in [4.78, 5) is 39.9. The Bertz CT molecular complexity index is 1190. The molecular weight excluding hydrogens is 462 g/mol. The zero-order chi connectivity index (χ0) is 24.8. The van der Waals surface area contributed by atoms with Crippen molar-refractivity contribution >= 4 is 34.7 Å². The van der Waals surface area contributed by atoms with Crippen molar-refractivity contribution in [3.8, 4) is 0 Å². The van der Waals surface area contributed by atoms with Crippen molar-refractivity contribution in [1.29, 1.82) is 0 Å². The first-order valence-corrected chi connectivity index (χ1v) is 12.6. The molecule has 1 aliphatic rings. The Morgan fingerprint density at radius 3 is 2.40 bits per heavy atom. The van der Waals surface area contributed by atoms with E-state index in [4.69, 9.17) is 0 Å². The maximum Gasteiger partial charge on any atom is 0.286 e. The zero-order valence-corrected chi connectivity index (χ0v) is 20.7. The summed E-state index contributed by atoms with van der Waals surface area (Å²) in [5.41, 5.74) is 4.04. The van der Waals surface area contributed by atoms with Crippen LogP contribution in [0.2, 0.25) is 0 Å². The van der Waals surface area contributed by atoms with Crippen LogP contribution in [0.4, 0.5) is 5.69 Å². The highest BCUT2D eigenvalue weighted by Crippen LogP contribution is 2.21. The standard InChI is InChI=1S/C26H29N5O3S/c1-3-18-8-10-19(11-9-18)15-27-22(32)20-5-4-14-31(16-20)26(34)25-30-29-24(35-25)23(33)28-21-12-6-17(2)7-13-21/h6-13,20H,3-5,14-16H2,1-2H3,(H,27,32)(H,28,33). The molecule has 182 valence electrons. The lowest BCUT2D eigenvalue weighted by atomic mass is 9.97. The molecule has 1 aromatic heterocycles. The van der Waals surface area contributed by atoms with Gasteiger partial charge in [-0.3, -0.25) is 14.4 Å². The molecule has 1 atom stereocenters. The van der Waals surface area contributed by atoms with Crippen LogP contribution in [0.5, 0.6) is 0 Å². The highest BCUT2D eigenvalue weighted by molar-refractivity contribution is 7.15. The lowest BCUT2D eigenvalue weighted by Crippen LogP contribution is -2.45. The van der Waals surface area contributed by atoms with Crippen LogP contribution in [-0.4, -0.2) is 45.9 Å². The van der Waals surface area contributed by atoms with Crippen LogP contribution in [0.1, 0.15) is 56.1 Å². The summed E-state index contributed by atoms with van der Waals surface area (Å²) in [6.07, 6.45) is 2.44. The van der Waals surface area contributed by atoms with Crippen molar-refractivity contribution in [1.82, 2.24) is 20.4 Å². The number of aryl methyl sites for hydroxylation is 2. The van der Waals surface area contributed by atoms with Crippen LogP contribution in [0.15, 0.2) is 48.5 Å². The molecule has 2 N–H and O–H groups in total. The fourth-order valence-electron chi connectivity index (χ4n) is 3.96. The molecule has 2 aromatic carbocycles. The van der Waals surface area contributed by atoms with Gasteiger partial charge in [-0.1, -0.05) is 60.2 Å². The van der Waals surface area contributed by atoms with Gasteiger partial charge >= 0.3 is 0 Å². The van der Waals surface area contributed by atoms with E-state index in [1.165, 1.54) is 5.56 Å². The summed E-state index contributed by atoms with van der Waals surface area (Å²) >= 11 is 0.959. The van der Waals surface area contributed by atoms with Crippen molar-refractivity contribution in [2.75, 3.05) is 18.4 Å². The molecule has 8 nitrogen and oxygen atoms in total. The largest absolute Gasteiger partial charge is 0.352 e. The Labute approximate surface area is 208 Å². The second kappa shape index (κ2) is 11.2. The Balaban J connectivity index is 1.32. The number of hydrogen-bond donors (Lipinski definition) is 2. The Morgan fingerprint density at radius 1 is 1.00 bits per heavy atom. The van der Waals surface area contributed by atoms with Gasteiger partial charge in [0, 0.05) is 25.3 Å². The number of hydrogen-bond acceptors (Lipinski definition) is 6. The quantitative estimate of drug-likeness (QED) is 0.523. The van der Waals surface area contributed by atoms with E-state index < -0.39 is 5.91 Å². The summed E-state index contributed by atoms with van der Waals surface area (Å²) in [5.74, 6) is -1.05. The van der Waals surface area contributed by atoms with Gasteiger partial charge in [0.1, 0.15) is 0 Å². The number of carbonyl (C=O) groups excluding carboxylic acids is 3. The average Bonchev–Trinajstić information content (AvgIpc) is 3.39. The molecule has 0 aliphatic carbocycles. The number of likely N-dealkylation sites (tertiary alicyclic amines) is 1. The molecular formula is C26H29N5O3S. The molecule has 9 heteroatoms. The Hall–Kier alpha value is -3.59. The molecule has 0 bridgehead atoms. The summed E-state index contributed by atoms with van der Waals surface area (Å²) in [7, 11) is 0. The van der Waals surface area contributed by atoms with Crippen LogP contribution in [-0.2, 0) is 17.8 Å². The van der Waals surface area contributed by atoms with Crippen LogP contribution < -0.4 is 10.6 Å². The fraction of sp³-hybridized carbons (Fsp3) is 0.346. The number of anilines is 1. The lowest BCUT2D eigenvalue weighted by Gasteiger charge is -2.31. The maximum absolute atomic E-state index is 13.0. The van der Waals surface area contributed by atoms with Crippen LogP contribution in [0.3, 0.4) is 0 Å². The van der Waals surface area contributed by atoms with Gasteiger partial charge in [0.25, 0.3) is 11.8 Å². The van der Waals surface area contributed by atoms with Gasteiger partial charge < -0.3 is 15.5 Å². The topological polar surface area (TPSA) is 104 Å². The second-order valence-corrected chi connectivity index (χ2v) is 9.69. The second-order valence-electron chi connectivity index (χ2n) is 8.71. The molecule has 2 heterocycles. The summed E-state index contributed by atoms with van der Waals surface area (Å²) in [6.45, 7) is 5.41. The van der Waals surface area contributed by atoms with Crippen LogP contribution in [0, 0.1) is 12.8 Å². The molecule has 1 fully saturated rings. The third-order valence-electron chi connectivity index (χ3n) is 6.09. The number of piperidine rings is 1. The molecule has 4 rings (SSSR count). The van der Waals surface area contributed by atoms with Crippen molar-refractivity contribution in [3.63, 3.8) is 0 Å². The number of nitrogens with one attached hydrogen (secondary N) is 2. The van der Waals surface area contributed by atoms with Crippen LogP contribution >= 0.6 is 11.3 Å². The first-order chi connectivity index (χ1) is 16.9. The SMILES string of the molecule is CCc1ccc(CNC(=O)C2CCCN(C(=O)c3nnc(C(=O)Nc4ccc(C)cc4)s3)C2)cc1. The fourth-order valence-corrected chi connectivity index (χ4v) is 4.67. The van der Waals surface area contributed by atoms with Crippen molar-refractivity contribution < 1.29 is 14.4 Å². The van der Waals surface area contributed by atoms with Gasteiger partial charge in [-0.2, -0.15) is 0 Å². The average molecular weight is 492 g/mol. The normalized spacial score (nSPS) is 15.5. The first kappa shape index (κ1) is 24.5. The minimum Gasteiger partial charge on any atom is -0.352 e. The van der Waals surface area contributed by atoms with E-state index >= 15 is 0 Å². The molecule has 3 amide bonds. The third-order valence-corrected chi connectivity index (χ3v) is 7.00. The van der Waals surface area contributed by atoms with Crippen molar-refractivity contribution in [2.24, 2.45) is 5.92 Å². The Morgan fingerprint density at radius 2 is 1.69 bits per heavy atom. The predicted molar refractivity (Wildman–Crippen MR) is 135 cm³/mol. The molecule has 3 aromatic rings. The van der Waals surface area contributed by atoms with Gasteiger partial charge in [-0.15, -0.1) is 10.2 Å². The van der Waals surface area contributed by atoms with Gasteiger partial charge in [0.2, 0.25) is 15.9 Å². The highest BCUT2D eigenvalue weighted by Gasteiger charge is 2.30. The molecule has 35 heavy (non-hydrogen) atoms. The van der Waals surface area contributed by atoms with E-state index in [1.54, 1.807) is 17.0 Å². The van der Waals surface area contributed by atoms with Gasteiger partial charge in [0.15, 0.2) is 0 Å². The number of aromatic nitrogens is 2. The summed E-state index contributed by atoms with van der Waals surface area (Å²) in [5, 5.41) is 13.9. The predicted octanol–water partition coefficient (Wildman–Crippen LogP) is 3.83.